The van der Waals surface area contributed by atoms with E-state index in [1.165, 1.54) is 43.0 Å². The number of amidine groups is 1. The van der Waals surface area contributed by atoms with Gasteiger partial charge in [-0.25, -0.2) is 0 Å². The van der Waals surface area contributed by atoms with Crippen LogP contribution in [-0.2, 0) is 0 Å². The minimum atomic E-state index is 0.535. The fourth-order valence-electron chi connectivity index (χ4n) is 2.78. The summed E-state index contributed by atoms with van der Waals surface area (Å²) in [7, 11) is 0. The van der Waals surface area contributed by atoms with Gasteiger partial charge in [-0.15, -0.1) is 0 Å². The Morgan fingerprint density at radius 2 is 2.24 bits per heavy atom. The molecule has 2 aliphatic rings. The Balaban J connectivity index is 1.83. The van der Waals surface area contributed by atoms with Gasteiger partial charge in [-0.2, -0.15) is 0 Å². The second-order valence-corrected chi connectivity index (χ2v) is 6.85. The van der Waals surface area contributed by atoms with Crippen molar-refractivity contribution in [2.45, 2.75) is 65.0 Å². The molecule has 0 aromatic rings. The minimum Gasteiger partial charge on any atom is -0.362 e. The molecule has 1 saturated carbocycles. The highest BCUT2D eigenvalue weighted by molar-refractivity contribution is 8.14. The summed E-state index contributed by atoms with van der Waals surface area (Å²) in [6.07, 6.45) is 6.85. The van der Waals surface area contributed by atoms with Crippen LogP contribution in [0.2, 0.25) is 0 Å². The molecule has 0 saturated heterocycles. The monoisotopic (exact) mass is 254 g/mol. The van der Waals surface area contributed by atoms with Crippen molar-refractivity contribution >= 4 is 16.9 Å². The Kier molecular flexibility index (Phi) is 4.78. The maximum absolute atomic E-state index is 4.80. The Morgan fingerprint density at radius 1 is 1.41 bits per heavy atom. The summed E-state index contributed by atoms with van der Waals surface area (Å²) in [5.74, 6) is 2.79. The number of rotatable bonds is 3. The topological polar surface area (TPSA) is 24.4 Å². The summed E-state index contributed by atoms with van der Waals surface area (Å²) in [6, 6.07) is 1.22. The molecule has 1 aliphatic heterocycles. The minimum absolute atomic E-state index is 0.535. The van der Waals surface area contributed by atoms with Crippen LogP contribution in [0.3, 0.4) is 0 Å². The fraction of sp³-hybridized carbons (Fsp3) is 0.929. The Bertz CT molecular complexity index is 275. The second kappa shape index (κ2) is 6.12. The molecule has 1 heterocycles. The summed E-state index contributed by atoms with van der Waals surface area (Å²) in [6.45, 7) is 6.86. The molecule has 0 spiro atoms. The van der Waals surface area contributed by atoms with Crippen LogP contribution < -0.4 is 5.32 Å². The Labute approximate surface area is 110 Å². The van der Waals surface area contributed by atoms with Gasteiger partial charge in [0.15, 0.2) is 5.17 Å². The van der Waals surface area contributed by atoms with Crippen molar-refractivity contribution in [3.05, 3.63) is 0 Å². The predicted molar refractivity (Wildman–Crippen MR) is 77.7 cm³/mol. The van der Waals surface area contributed by atoms with E-state index in [-0.39, 0.29) is 0 Å². The van der Waals surface area contributed by atoms with Gasteiger partial charge < -0.3 is 5.32 Å². The lowest BCUT2D eigenvalue weighted by Crippen LogP contribution is -2.36. The molecule has 0 aromatic carbocycles. The van der Waals surface area contributed by atoms with Crippen LogP contribution in [-0.4, -0.2) is 23.0 Å². The van der Waals surface area contributed by atoms with E-state index in [4.69, 9.17) is 4.99 Å². The van der Waals surface area contributed by atoms with Crippen molar-refractivity contribution in [2.75, 3.05) is 5.75 Å². The lowest BCUT2D eigenvalue weighted by molar-refractivity contribution is 0.300. The second-order valence-electron chi connectivity index (χ2n) is 5.84. The van der Waals surface area contributed by atoms with Gasteiger partial charge in [-0.3, -0.25) is 4.99 Å². The van der Waals surface area contributed by atoms with Gasteiger partial charge in [0.1, 0.15) is 0 Å². The zero-order chi connectivity index (χ0) is 12.3. The SMILES string of the molecule is CCC1CCCC(NC2=NC(C(C)C)CS2)C1. The summed E-state index contributed by atoms with van der Waals surface area (Å²) >= 11 is 1.92. The van der Waals surface area contributed by atoms with Gasteiger partial charge in [0.25, 0.3) is 0 Å². The molecular weight excluding hydrogens is 228 g/mol. The fourth-order valence-corrected chi connectivity index (χ4v) is 4.03. The van der Waals surface area contributed by atoms with E-state index >= 15 is 0 Å². The van der Waals surface area contributed by atoms with Gasteiger partial charge in [0, 0.05) is 11.8 Å². The molecule has 3 atom stereocenters. The van der Waals surface area contributed by atoms with Crippen molar-refractivity contribution in [3.63, 3.8) is 0 Å². The molecule has 2 nitrogen and oxygen atoms in total. The molecule has 17 heavy (non-hydrogen) atoms. The molecule has 3 unspecified atom stereocenters. The zero-order valence-electron chi connectivity index (χ0n) is 11.4. The van der Waals surface area contributed by atoms with E-state index in [0.717, 1.165) is 5.92 Å². The van der Waals surface area contributed by atoms with Gasteiger partial charge in [0.05, 0.1) is 6.04 Å². The van der Waals surface area contributed by atoms with E-state index in [0.29, 0.717) is 18.0 Å². The molecular formula is C14H26N2S. The van der Waals surface area contributed by atoms with Gasteiger partial charge in [-0.1, -0.05) is 51.8 Å². The number of nitrogens with zero attached hydrogens (tertiary/aromatic N) is 1. The van der Waals surface area contributed by atoms with Crippen LogP contribution in [0.25, 0.3) is 0 Å². The van der Waals surface area contributed by atoms with Gasteiger partial charge in [-0.05, 0) is 24.7 Å². The van der Waals surface area contributed by atoms with Crippen LogP contribution >= 0.6 is 11.8 Å². The lowest BCUT2D eigenvalue weighted by Gasteiger charge is -2.29. The molecule has 0 radical (unpaired) electrons. The van der Waals surface area contributed by atoms with Crippen molar-refractivity contribution < 1.29 is 0 Å². The highest BCUT2D eigenvalue weighted by atomic mass is 32.2. The van der Waals surface area contributed by atoms with E-state index in [1.807, 2.05) is 11.8 Å². The van der Waals surface area contributed by atoms with Crippen molar-refractivity contribution in [1.82, 2.24) is 5.32 Å². The van der Waals surface area contributed by atoms with Gasteiger partial charge >= 0.3 is 0 Å². The Hall–Kier alpha value is -0.180. The molecule has 0 amide bonds. The molecule has 1 aliphatic carbocycles. The average molecular weight is 254 g/mol. The normalized spacial score (nSPS) is 33.9. The number of thioether (sulfide) groups is 1. The molecule has 0 bridgehead atoms. The third kappa shape index (κ3) is 3.64. The Morgan fingerprint density at radius 3 is 2.88 bits per heavy atom. The van der Waals surface area contributed by atoms with Crippen LogP contribution in [0, 0.1) is 11.8 Å². The maximum Gasteiger partial charge on any atom is 0.157 e. The predicted octanol–water partition coefficient (Wildman–Crippen LogP) is 3.67. The van der Waals surface area contributed by atoms with Crippen molar-refractivity contribution in [2.24, 2.45) is 16.8 Å². The van der Waals surface area contributed by atoms with Crippen molar-refractivity contribution in [1.29, 1.82) is 0 Å². The standard InChI is InChI=1S/C14H26N2S/c1-4-11-6-5-7-12(8-11)15-14-16-13(9-17-14)10(2)3/h10-13H,4-9H2,1-3H3,(H,15,16). The van der Waals surface area contributed by atoms with Crippen molar-refractivity contribution in [3.8, 4) is 0 Å². The molecule has 98 valence electrons. The summed E-state index contributed by atoms with van der Waals surface area (Å²) in [5.41, 5.74) is 0. The third-order valence-electron chi connectivity index (χ3n) is 4.13. The van der Waals surface area contributed by atoms with E-state index in [2.05, 4.69) is 26.1 Å². The summed E-state index contributed by atoms with van der Waals surface area (Å²) in [5, 5.41) is 4.89. The molecule has 0 aromatic heterocycles. The first kappa shape index (κ1) is 13.3. The smallest absolute Gasteiger partial charge is 0.157 e. The number of nitrogens with one attached hydrogen (secondary N) is 1. The highest BCUT2D eigenvalue weighted by Crippen LogP contribution is 2.28. The number of hydrogen-bond acceptors (Lipinski definition) is 3. The van der Waals surface area contributed by atoms with Crippen LogP contribution in [0.5, 0.6) is 0 Å². The van der Waals surface area contributed by atoms with E-state index in [9.17, 15) is 0 Å². The lowest BCUT2D eigenvalue weighted by atomic mass is 9.84. The molecule has 1 fully saturated rings. The number of aliphatic imine (C=N–C) groups is 1. The number of hydrogen-bond donors (Lipinski definition) is 1. The van der Waals surface area contributed by atoms with Crippen LogP contribution in [0.1, 0.15) is 52.9 Å². The van der Waals surface area contributed by atoms with E-state index in [1.54, 1.807) is 0 Å². The highest BCUT2D eigenvalue weighted by Gasteiger charge is 2.25. The first-order valence-corrected chi connectivity index (χ1v) is 8.14. The molecule has 3 heteroatoms. The maximum atomic E-state index is 4.80. The van der Waals surface area contributed by atoms with Gasteiger partial charge in [0.2, 0.25) is 0 Å². The zero-order valence-corrected chi connectivity index (χ0v) is 12.2. The quantitative estimate of drug-likeness (QED) is 0.831. The molecule has 2 rings (SSSR count). The largest absolute Gasteiger partial charge is 0.362 e. The van der Waals surface area contributed by atoms with Crippen LogP contribution in [0.4, 0.5) is 0 Å². The summed E-state index contributed by atoms with van der Waals surface area (Å²) < 4.78 is 0. The molecule has 1 N–H and O–H groups in total. The first-order chi connectivity index (χ1) is 8.19. The average Bonchev–Trinajstić information content (AvgIpc) is 2.78. The third-order valence-corrected chi connectivity index (χ3v) is 5.14. The first-order valence-electron chi connectivity index (χ1n) is 7.16. The summed E-state index contributed by atoms with van der Waals surface area (Å²) in [4.78, 5) is 4.80. The van der Waals surface area contributed by atoms with Crippen LogP contribution in [0.15, 0.2) is 4.99 Å². The van der Waals surface area contributed by atoms with E-state index < -0.39 is 0 Å².